The van der Waals surface area contributed by atoms with Gasteiger partial charge in [0.15, 0.2) is 6.10 Å². The van der Waals surface area contributed by atoms with Gasteiger partial charge in [-0.3, -0.25) is 4.79 Å². The minimum atomic E-state index is -1.81. The number of rotatable bonds is 10. The maximum atomic E-state index is 10.8. The van der Waals surface area contributed by atoms with Gasteiger partial charge in [-0.15, -0.1) is 0 Å². The summed E-state index contributed by atoms with van der Waals surface area (Å²) in [6.07, 6.45) is 4.04. The number of thioether (sulfide) groups is 1. The van der Waals surface area contributed by atoms with Crippen LogP contribution in [0.5, 0.6) is 0 Å². The number of aliphatic hydroxyl groups is 1. The number of hydrogen-bond acceptors (Lipinski definition) is 4. The van der Waals surface area contributed by atoms with Crippen LogP contribution in [0.3, 0.4) is 0 Å². The van der Waals surface area contributed by atoms with E-state index in [0.29, 0.717) is 6.42 Å². The third-order valence-corrected chi connectivity index (χ3v) is 3.26. The molecule has 0 amide bonds. The summed E-state index contributed by atoms with van der Waals surface area (Å²) in [5.74, 6) is -2.84. The molecule has 0 aromatic heterocycles. The number of carbonyl (C=O) groups is 2. The Morgan fingerprint density at radius 3 is 2.12 bits per heavy atom. The first-order valence-electron chi connectivity index (χ1n) is 5.63. The molecule has 0 bridgehead atoms. The van der Waals surface area contributed by atoms with Crippen molar-refractivity contribution in [3.63, 3.8) is 0 Å². The van der Waals surface area contributed by atoms with Crippen LogP contribution < -0.4 is 0 Å². The van der Waals surface area contributed by atoms with Gasteiger partial charge in [-0.2, -0.15) is 11.8 Å². The van der Waals surface area contributed by atoms with Crippen molar-refractivity contribution >= 4 is 23.7 Å². The van der Waals surface area contributed by atoms with Crippen LogP contribution >= 0.6 is 11.8 Å². The van der Waals surface area contributed by atoms with Crippen LogP contribution in [0.1, 0.15) is 32.1 Å². The van der Waals surface area contributed by atoms with Gasteiger partial charge in [0.1, 0.15) is 0 Å². The molecule has 2 unspecified atom stereocenters. The van der Waals surface area contributed by atoms with E-state index in [1.54, 1.807) is 11.8 Å². The van der Waals surface area contributed by atoms with Crippen LogP contribution in [-0.4, -0.2) is 45.4 Å². The Kier molecular flexibility index (Phi) is 8.89. The van der Waals surface area contributed by atoms with Crippen LogP contribution in [-0.2, 0) is 9.59 Å². The zero-order valence-corrected chi connectivity index (χ0v) is 10.8. The summed E-state index contributed by atoms with van der Waals surface area (Å²) in [5, 5.41) is 26.6. The second kappa shape index (κ2) is 9.30. The van der Waals surface area contributed by atoms with Crippen LogP contribution in [0, 0.1) is 5.92 Å². The van der Waals surface area contributed by atoms with Crippen LogP contribution in [0.25, 0.3) is 0 Å². The molecule has 0 radical (unpaired) electrons. The molecule has 100 valence electrons. The molecular weight excluding hydrogens is 244 g/mol. The first-order valence-corrected chi connectivity index (χ1v) is 7.02. The molecule has 0 aromatic carbocycles. The lowest BCUT2D eigenvalue weighted by Crippen LogP contribution is -2.34. The van der Waals surface area contributed by atoms with Crippen molar-refractivity contribution in [3.05, 3.63) is 0 Å². The van der Waals surface area contributed by atoms with Crippen molar-refractivity contribution in [2.45, 2.75) is 38.2 Å². The average molecular weight is 264 g/mol. The molecule has 0 aliphatic rings. The van der Waals surface area contributed by atoms with E-state index in [1.807, 2.05) is 6.26 Å². The Bertz CT molecular complexity index is 244. The monoisotopic (exact) mass is 264 g/mol. The fourth-order valence-corrected chi connectivity index (χ4v) is 2.05. The second-order valence-electron chi connectivity index (χ2n) is 3.92. The van der Waals surface area contributed by atoms with E-state index in [4.69, 9.17) is 10.2 Å². The Morgan fingerprint density at radius 2 is 1.65 bits per heavy atom. The lowest BCUT2D eigenvalue weighted by molar-refractivity contribution is -0.159. The van der Waals surface area contributed by atoms with Gasteiger partial charge in [0.2, 0.25) is 0 Å². The number of hydrogen-bond donors (Lipinski definition) is 3. The van der Waals surface area contributed by atoms with E-state index in [1.165, 1.54) is 0 Å². The number of carboxylic acid groups (broad SMARTS) is 2. The molecule has 0 heterocycles. The van der Waals surface area contributed by atoms with E-state index in [9.17, 15) is 14.7 Å². The Balaban J connectivity index is 3.87. The zero-order chi connectivity index (χ0) is 13.3. The third-order valence-electron chi connectivity index (χ3n) is 2.56. The summed E-state index contributed by atoms with van der Waals surface area (Å²) in [6, 6.07) is 0. The van der Waals surface area contributed by atoms with Gasteiger partial charge in [0.05, 0.1) is 5.92 Å². The zero-order valence-electron chi connectivity index (χ0n) is 9.96. The molecule has 0 aromatic rings. The van der Waals surface area contributed by atoms with Crippen molar-refractivity contribution in [2.75, 3.05) is 12.0 Å². The highest BCUT2D eigenvalue weighted by molar-refractivity contribution is 7.98. The lowest BCUT2D eigenvalue weighted by atomic mass is 9.95. The highest BCUT2D eigenvalue weighted by Gasteiger charge is 2.31. The number of aliphatic hydroxyl groups excluding tert-OH is 1. The molecule has 17 heavy (non-hydrogen) atoms. The average Bonchev–Trinajstić information content (AvgIpc) is 2.26. The fourth-order valence-electron chi connectivity index (χ4n) is 1.55. The maximum Gasteiger partial charge on any atom is 0.333 e. The minimum Gasteiger partial charge on any atom is -0.481 e. The number of aliphatic carboxylic acids is 2. The normalized spacial score (nSPS) is 14.2. The lowest BCUT2D eigenvalue weighted by Gasteiger charge is -2.15. The molecule has 0 aliphatic heterocycles. The molecule has 0 saturated carbocycles. The summed E-state index contributed by atoms with van der Waals surface area (Å²) < 4.78 is 0. The van der Waals surface area contributed by atoms with E-state index in [-0.39, 0.29) is 6.42 Å². The summed E-state index contributed by atoms with van der Waals surface area (Å²) in [4.78, 5) is 21.3. The van der Waals surface area contributed by atoms with E-state index >= 15 is 0 Å². The van der Waals surface area contributed by atoms with E-state index in [2.05, 4.69) is 0 Å². The molecular formula is C11H20O5S. The van der Waals surface area contributed by atoms with Gasteiger partial charge < -0.3 is 15.3 Å². The standard InChI is InChI=1S/C11H20O5S/c1-17-7-5-3-2-4-6-8(10(13)14)9(12)11(15)16/h8-9,12H,2-7H2,1H3,(H,13,14)(H,15,16). The van der Waals surface area contributed by atoms with Crippen molar-refractivity contribution in [3.8, 4) is 0 Å². The van der Waals surface area contributed by atoms with Crippen LogP contribution in [0.15, 0.2) is 0 Å². The summed E-state index contributed by atoms with van der Waals surface area (Å²) in [6.45, 7) is 0. The Labute approximate surface area is 105 Å². The fraction of sp³-hybridized carbons (Fsp3) is 0.818. The topological polar surface area (TPSA) is 94.8 Å². The molecule has 5 nitrogen and oxygen atoms in total. The molecule has 0 aliphatic carbocycles. The van der Waals surface area contributed by atoms with Crippen molar-refractivity contribution in [1.29, 1.82) is 0 Å². The van der Waals surface area contributed by atoms with Crippen molar-refractivity contribution < 1.29 is 24.9 Å². The number of carboxylic acids is 2. The molecule has 3 N–H and O–H groups in total. The van der Waals surface area contributed by atoms with Gasteiger partial charge in [-0.25, -0.2) is 4.79 Å². The first kappa shape index (κ1) is 16.2. The maximum absolute atomic E-state index is 10.8. The second-order valence-corrected chi connectivity index (χ2v) is 4.91. The minimum absolute atomic E-state index is 0.210. The predicted molar refractivity (Wildman–Crippen MR) is 66.2 cm³/mol. The van der Waals surface area contributed by atoms with Gasteiger partial charge in [-0.05, 0) is 24.9 Å². The highest BCUT2D eigenvalue weighted by atomic mass is 32.2. The third kappa shape index (κ3) is 7.23. The summed E-state index contributed by atoms with van der Waals surface area (Å²) in [5.41, 5.74) is 0. The summed E-state index contributed by atoms with van der Waals surface area (Å²) in [7, 11) is 0. The van der Waals surface area contributed by atoms with Gasteiger partial charge in [0, 0.05) is 0 Å². The highest BCUT2D eigenvalue weighted by Crippen LogP contribution is 2.16. The van der Waals surface area contributed by atoms with Gasteiger partial charge >= 0.3 is 11.9 Å². The van der Waals surface area contributed by atoms with Crippen molar-refractivity contribution in [1.82, 2.24) is 0 Å². The number of unbranched alkanes of at least 4 members (excludes halogenated alkanes) is 3. The van der Waals surface area contributed by atoms with E-state index in [0.717, 1.165) is 25.0 Å². The van der Waals surface area contributed by atoms with Crippen LogP contribution in [0.4, 0.5) is 0 Å². The van der Waals surface area contributed by atoms with Crippen LogP contribution in [0.2, 0.25) is 0 Å². The largest absolute Gasteiger partial charge is 0.481 e. The van der Waals surface area contributed by atoms with Gasteiger partial charge in [0.25, 0.3) is 0 Å². The summed E-state index contributed by atoms with van der Waals surface area (Å²) >= 11 is 1.77. The van der Waals surface area contributed by atoms with E-state index < -0.39 is 24.0 Å². The smallest absolute Gasteiger partial charge is 0.333 e. The SMILES string of the molecule is CSCCCCCCC(C(=O)O)C(O)C(=O)O. The molecule has 6 heteroatoms. The first-order chi connectivity index (χ1) is 8.00. The molecule has 0 fully saturated rings. The quantitative estimate of drug-likeness (QED) is 0.517. The molecule has 2 atom stereocenters. The molecule has 0 spiro atoms. The molecule has 0 rings (SSSR count). The van der Waals surface area contributed by atoms with Gasteiger partial charge in [-0.1, -0.05) is 19.3 Å². The molecule has 0 saturated heterocycles. The Hall–Kier alpha value is -0.750. The van der Waals surface area contributed by atoms with Crippen molar-refractivity contribution in [2.24, 2.45) is 5.92 Å². The predicted octanol–water partition coefficient (Wildman–Crippen LogP) is 1.45. The Morgan fingerprint density at radius 1 is 1.06 bits per heavy atom.